The number of carbonyl (C=O) groups excluding carboxylic acids is 1. The number of rotatable bonds is 3. The first-order valence-electron chi connectivity index (χ1n) is 5.49. The summed E-state index contributed by atoms with van der Waals surface area (Å²) in [5.74, 6) is 0.130. The van der Waals surface area contributed by atoms with Crippen LogP contribution in [0.25, 0.3) is 0 Å². The van der Waals surface area contributed by atoms with Crippen LogP contribution in [0.4, 0.5) is 0 Å². The summed E-state index contributed by atoms with van der Waals surface area (Å²) in [4.78, 5) is 20.1. The Bertz CT molecular complexity index is 589. The minimum Gasteiger partial charge on any atom is -0.290 e. The average molecular weight is 309 g/mol. The molecule has 0 atom stereocenters. The zero-order valence-electron chi connectivity index (χ0n) is 10.4. The van der Waals surface area contributed by atoms with Crippen LogP contribution in [0.5, 0.6) is 0 Å². The molecule has 2 heterocycles. The van der Waals surface area contributed by atoms with E-state index in [0.29, 0.717) is 0 Å². The largest absolute Gasteiger partial charge is 0.290 e. The van der Waals surface area contributed by atoms with Crippen molar-refractivity contribution in [1.29, 1.82) is 0 Å². The molecule has 6 heteroatoms. The number of nitrogens with zero attached hydrogens (tertiary/aromatic N) is 4. The third kappa shape index (κ3) is 2.48. The highest BCUT2D eigenvalue weighted by Gasteiger charge is 2.17. The van der Waals surface area contributed by atoms with Gasteiger partial charge in [-0.25, -0.2) is 9.97 Å². The lowest BCUT2D eigenvalue weighted by atomic mass is 10.2. The molecule has 0 radical (unpaired) electrons. The Balaban J connectivity index is 2.24. The Morgan fingerprint density at radius 1 is 1.33 bits per heavy atom. The number of hydrogen-bond acceptors (Lipinski definition) is 4. The van der Waals surface area contributed by atoms with Gasteiger partial charge >= 0.3 is 0 Å². The van der Waals surface area contributed by atoms with E-state index in [1.165, 1.54) is 0 Å². The van der Waals surface area contributed by atoms with Gasteiger partial charge in [0.05, 0.1) is 22.3 Å². The first-order chi connectivity index (χ1) is 8.49. The molecule has 2 aromatic heterocycles. The normalized spacial score (nSPS) is 10.7. The van der Waals surface area contributed by atoms with Crippen molar-refractivity contribution in [2.45, 2.75) is 20.3 Å². The summed E-state index contributed by atoms with van der Waals surface area (Å²) in [5.41, 5.74) is 2.64. The van der Waals surface area contributed by atoms with E-state index in [-0.39, 0.29) is 18.0 Å². The van der Waals surface area contributed by atoms with Crippen molar-refractivity contribution >= 4 is 21.7 Å². The first kappa shape index (κ1) is 12.9. The lowest BCUT2D eigenvalue weighted by Crippen LogP contribution is -2.11. The van der Waals surface area contributed by atoms with E-state index in [2.05, 4.69) is 31.0 Å². The maximum Gasteiger partial charge on any atom is 0.205 e. The highest BCUT2D eigenvalue weighted by Crippen LogP contribution is 2.21. The van der Waals surface area contributed by atoms with Crippen LogP contribution in [0, 0.1) is 13.8 Å². The van der Waals surface area contributed by atoms with Crippen LogP contribution >= 0.6 is 15.9 Å². The first-order valence-corrected chi connectivity index (χ1v) is 6.28. The summed E-state index contributed by atoms with van der Waals surface area (Å²) in [5, 5.41) is 4.25. The Kier molecular flexibility index (Phi) is 3.56. The molecule has 0 aromatic carbocycles. The van der Waals surface area contributed by atoms with Gasteiger partial charge in [-0.2, -0.15) is 5.10 Å². The second-order valence-corrected chi connectivity index (χ2v) is 4.95. The van der Waals surface area contributed by atoms with E-state index < -0.39 is 0 Å². The zero-order valence-corrected chi connectivity index (χ0v) is 12.0. The monoisotopic (exact) mass is 308 g/mol. The molecule has 0 fully saturated rings. The quantitative estimate of drug-likeness (QED) is 0.814. The maximum absolute atomic E-state index is 12.1. The van der Waals surface area contributed by atoms with Crippen LogP contribution in [-0.2, 0) is 13.5 Å². The molecule has 2 rings (SSSR count). The molecular formula is C12H13BrN4O. The average Bonchev–Trinajstić information content (AvgIpc) is 2.57. The lowest BCUT2D eigenvalue weighted by Gasteiger charge is -2.02. The Morgan fingerprint density at radius 2 is 1.94 bits per heavy atom. The minimum absolute atomic E-state index is 0.112. The van der Waals surface area contributed by atoms with Crippen molar-refractivity contribution in [2.75, 3.05) is 0 Å². The van der Waals surface area contributed by atoms with E-state index >= 15 is 0 Å². The van der Waals surface area contributed by atoms with Crippen LogP contribution < -0.4 is 0 Å². The molecule has 2 aromatic rings. The van der Waals surface area contributed by atoms with E-state index in [1.807, 2.05) is 20.9 Å². The summed E-state index contributed by atoms with van der Waals surface area (Å²) >= 11 is 3.44. The van der Waals surface area contributed by atoms with E-state index in [1.54, 1.807) is 17.1 Å². The SMILES string of the molecule is Cc1cnc(C(=O)Cc2c(Br)c(C)nn2C)nc1. The molecule has 0 aliphatic carbocycles. The number of carbonyl (C=O) groups is 1. The molecule has 0 bridgehead atoms. The van der Waals surface area contributed by atoms with Gasteiger partial charge in [-0.05, 0) is 35.3 Å². The van der Waals surface area contributed by atoms with E-state index in [0.717, 1.165) is 21.4 Å². The van der Waals surface area contributed by atoms with Gasteiger partial charge in [-0.15, -0.1) is 0 Å². The van der Waals surface area contributed by atoms with Gasteiger partial charge in [-0.3, -0.25) is 9.48 Å². The van der Waals surface area contributed by atoms with Crippen molar-refractivity contribution in [3.63, 3.8) is 0 Å². The lowest BCUT2D eigenvalue weighted by molar-refractivity contribution is 0.0980. The van der Waals surface area contributed by atoms with Gasteiger partial charge in [0.15, 0.2) is 5.82 Å². The van der Waals surface area contributed by atoms with Crippen molar-refractivity contribution < 1.29 is 4.79 Å². The Hall–Kier alpha value is -1.56. The number of halogens is 1. The summed E-state index contributed by atoms with van der Waals surface area (Å²) in [6.45, 7) is 3.77. The summed E-state index contributed by atoms with van der Waals surface area (Å²) in [6.07, 6.45) is 3.52. The topological polar surface area (TPSA) is 60.7 Å². The number of hydrogen-bond donors (Lipinski definition) is 0. The van der Waals surface area contributed by atoms with Crippen molar-refractivity contribution in [2.24, 2.45) is 7.05 Å². The summed E-state index contributed by atoms with van der Waals surface area (Å²) in [7, 11) is 1.82. The van der Waals surface area contributed by atoms with Crippen LogP contribution in [0.3, 0.4) is 0 Å². The second kappa shape index (κ2) is 4.97. The number of aromatic nitrogens is 4. The minimum atomic E-state index is -0.112. The molecule has 0 N–H and O–H groups in total. The summed E-state index contributed by atoms with van der Waals surface area (Å²) < 4.78 is 2.57. The predicted molar refractivity (Wildman–Crippen MR) is 70.4 cm³/mol. The molecule has 5 nitrogen and oxygen atoms in total. The molecule has 0 amide bonds. The van der Waals surface area contributed by atoms with E-state index in [9.17, 15) is 4.79 Å². The van der Waals surface area contributed by atoms with Gasteiger partial charge in [0.2, 0.25) is 5.78 Å². The third-order valence-corrected chi connectivity index (χ3v) is 3.65. The third-order valence-electron chi connectivity index (χ3n) is 2.62. The van der Waals surface area contributed by atoms with Crippen LogP contribution in [-0.4, -0.2) is 25.5 Å². The van der Waals surface area contributed by atoms with Crippen LogP contribution in [0.2, 0.25) is 0 Å². The standard InChI is InChI=1S/C12H13BrN4O/c1-7-5-14-12(15-6-7)10(18)4-9-11(13)8(2)16-17(9)3/h5-6H,4H2,1-3H3. The molecule has 0 unspecified atom stereocenters. The van der Waals surface area contributed by atoms with Crippen molar-refractivity contribution in [3.8, 4) is 0 Å². The summed E-state index contributed by atoms with van der Waals surface area (Å²) in [6, 6.07) is 0. The maximum atomic E-state index is 12.1. The zero-order chi connectivity index (χ0) is 13.3. The molecule has 0 saturated heterocycles. The van der Waals surface area contributed by atoms with Crippen LogP contribution in [0.15, 0.2) is 16.9 Å². The number of aryl methyl sites for hydroxylation is 3. The molecule has 0 aliphatic heterocycles. The highest BCUT2D eigenvalue weighted by atomic mass is 79.9. The number of ketones is 1. The smallest absolute Gasteiger partial charge is 0.205 e. The highest BCUT2D eigenvalue weighted by molar-refractivity contribution is 9.10. The van der Waals surface area contributed by atoms with Crippen molar-refractivity contribution in [1.82, 2.24) is 19.7 Å². The molecular weight excluding hydrogens is 296 g/mol. The van der Waals surface area contributed by atoms with E-state index in [4.69, 9.17) is 0 Å². The van der Waals surface area contributed by atoms with Gasteiger partial charge < -0.3 is 0 Å². The Morgan fingerprint density at radius 3 is 2.44 bits per heavy atom. The number of Topliss-reactive ketones (excluding diaryl/α,β-unsaturated/α-hetero) is 1. The van der Waals surface area contributed by atoms with Crippen LogP contribution in [0.1, 0.15) is 27.6 Å². The molecule has 0 spiro atoms. The van der Waals surface area contributed by atoms with Gasteiger partial charge in [0, 0.05) is 19.4 Å². The van der Waals surface area contributed by atoms with Gasteiger partial charge in [-0.1, -0.05) is 0 Å². The molecule has 0 saturated carbocycles. The Labute approximate surface area is 113 Å². The fourth-order valence-electron chi connectivity index (χ4n) is 1.64. The second-order valence-electron chi connectivity index (χ2n) is 4.15. The molecule has 0 aliphatic rings. The van der Waals surface area contributed by atoms with Crippen molar-refractivity contribution in [3.05, 3.63) is 39.6 Å². The van der Waals surface area contributed by atoms with Gasteiger partial charge in [0.25, 0.3) is 0 Å². The fraction of sp³-hybridized carbons (Fsp3) is 0.333. The molecule has 18 heavy (non-hydrogen) atoms. The fourth-order valence-corrected chi connectivity index (χ4v) is 2.12. The van der Waals surface area contributed by atoms with Gasteiger partial charge in [0.1, 0.15) is 0 Å². The predicted octanol–water partition coefficient (Wildman–Crippen LogP) is 2.01. The molecule has 94 valence electrons.